The SMILES string of the molecule is CNc1ccc(-c2ccnc3c2cc([C@H](C)N2CCC(c4ccc(C(=O)N5CCC(CN6CCN(Cc7ccc8c(c7)n(C7CC7)c(=O)n8C7CCC(=O)NC7=O)C[C@@H]6C)CC5)cc4)CC2)n3C)cn1. The van der Waals surface area contributed by atoms with E-state index in [2.05, 4.69) is 115 Å². The molecule has 366 valence electrons. The van der Waals surface area contributed by atoms with Gasteiger partial charge in [-0.25, -0.2) is 14.8 Å². The minimum Gasteiger partial charge on any atom is -0.373 e. The van der Waals surface area contributed by atoms with E-state index >= 15 is 0 Å². The predicted molar refractivity (Wildman–Crippen MR) is 273 cm³/mol. The molecule has 1 saturated carbocycles. The molecule has 1 unspecified atom stereocenters. The Kier molecular flexibility index (Phi) is 12.7. The van der Waals surface area contributed by atoms with Crippen LogP contribution in [0.4, 0.5) is 5.82 Å². The third kappa shape index (κ3) is 8.96. The summed E-state index contributed by atoms with van der Waals surface area (Å²) in [5.41, 5.74) is 9.27. The first-order valence-corrected chi connectivity index (χ1v) is 25.8. The number of carbonyl (C=O) groups is 3. The van der Waals surface area contributed by atoms with Gasteiger partial charge in [0.05, 0.1) is 11.0 Å². The van der Waals surface area contributed by atoms with Crippen molar-refractivity contribution in [3.8, 4) is 11.1 Å². The van der Waals surface area contributed by atoms with Crippen LogP contribution in [0.2, 0.25) is 0 Å². The highest BCUT2D eigenvalue weighted by Crippen LogP contribution is 2.39. The number of amides is 3. The van der Waals surface area contributed by atoms with Crippen LogP contribution in [0.15, 0.2) is 83.9 Å². The summed E-state index contributed by atoms with van der Waals surface area (Å²) < 4.78 is 5.76. The monoisotopic (exact) mass is 946 g/mol. The first-order valence-electron chi connectivity index (χ1n) is 25.8. The fraction of sp³-hybridized carbons (Fsp3) is 0.491. The number of aryl methyl sites for hydroxylation is 1. The van der Waals surface area contributed by atoms with Gasteiger partial charge in [0.2, 0.25) is 11.8 Å². The Morgan fingerprint density at radius 2 is 1.61 bits per heavy atom. The summed E-state index contributed by atoms with van der Waals surface area (Å²) in [5.74, 6) is 1.37. The zero-order valence-electron chi connectivity index (χ0n) is 41.1. The van der Waals surface area contributed by atoms with Crippen molar-refractivity contribution in [2.24, 2.45) is 13.0 Å². The molecule has 0 bridgehead atoms. The van der Waals surface area contributed by atoms with Crippen LogP contribution in [0.25, 0.3) is 33.2 Å². The van der Waals surface area contributed by atoms with Gasteiger partial charge in [-0.05, 0) is 149 Å². The molecule has 70 heavy (non-hydrogen) atoms. The molecule has 1 aliphatic carbocycles. The summed E-state index contributed by atoms with van der Waals surface area (Å²) in [6, 6.07) is 23.4. The van der Waals surface area contributed by atoms with Crippen LogP contribution in [0.3, 0.4) is 0 Å². The second kappa shape index (κ2) is 19.2. The van der Waals surface area contributed by atoms with E-state index in [9.17, 15) is 19.2 Å². The quantitative estimate of drug-likeness (QED) is 0.122. The molecule has 4 saturated heterocycles. The number of imide groups is 1. The Hall–Kier alpha value is -6.16. The number of nitrogens with zero attached hydrogens (tertiary/aromatic N) is 9. The van der Waals surface area contributed by atoms with Crippen LogP contribution < -0.4 is 16.3 Å². The Morgan fingerprint density at radius 3 is 2.31 bits per heavy atom. The molecule has 6 aromatic rings. The van der Waals surface area contributed by atoms with Crippen LogP contribution >= 0.6 is 0 Å². The normalized spacial score (nSPS) is 22.0. The number of rotatable bonds is 12. The second-order valence-corrected chi connectivity index (χ2v) is 20.9. The summed E-state index contributed by atoms with van der Waals surface area (Å²) in [7, 11) is 4.01. The lowest BCUT2D eigenvalue weighted by Gasteiger charge is -2.42. The lowest BCUT2D eigenvalue weighted by Crippen LogP contribution is -2.53. The van der Waals surface area contributed by atoms with Crippen molar-refractivity contribution in [1.29, 1.82) is 0 Å². The summed E-state index contributed by atoms with van der Waals surface area (Å²) >= 11 is 0. The number of pyridine rings is 2. The summed E-state index contributed by atoms with van der Waals surface area (Å²) in [6.07, 6.45) is 10.5. The highest BCUT2D eigenvalue weighted by molar-refractivity contribution is 6.00. The molecule has 5 aliphatic rings. The van der Waals surface area contributed by atoms with Crippen molar-refractivity contribution in [3.05, 3.63) is 112 Å². The third-order valence-electron chi connectivity index (χ3n) is 16.5. The van der Waals surface area contributed by atoms with Gasteiger partial charge in [-0.2, -0.15) is 0 Å². The Morgan fingerprint density at radius 1 is 0.829 bits per heavy atom. The number of carbonyl (C=O) groups excluding carboxylic acids is 3. The summed E-state index contributed by atoms with van der Waals surface area (Å²) in [4.78, 5) is 71.4. The van der Waals surface area contributed by atoms with Crippen LogP contribution in [0, 0.1) is 5.92 Å². The molecule has 8 heterocycles. The molecular formula is C55H67N11O4. The predicted octanol–water partition coefficient (Wildman–Crippen LogP) is 7.11. The molecule has 2 aromatic carbocycles. The smallest absolute Gasteiger partial charge is 0.330 e. The number of piperidine rings is 3. The number of fused-ring (bicyclic) bond motifs is 2. The van der Waals surface area contributed by atoms with E-state index in [-0.39, 0.29) is 36.0 Å². The number of hydrogen-bond acceptors (Lipinski definition) is 10. The standard InChI is InChI=1S/C55H67N11O4/c1-35-32-61(33-38-5-13-46-49(29-38)65(43-11-12-43)55(70)66(46)47-14-16-51(67)59-53(47)68)27-28-64(35)34-37-18-23-63(24-19-37)54(69)41-8-6-39(7-9-41)40-20-25-62(26-21-40)36(2)48-30-45-44(17-22-57-52(45)60(48)4)42-10-15-50(56-3)58-31-42/h5-10,13,15,17,22,29-31,35-37,40,43,47H,11-12,14,16,18-21,23-28,32-34H2,1-4H3,(H,56,58)(H,59,67,68)/t35-,36-,47?/m0/s1. The van der Waals surface area contributed by atoms with Crippen LogP contribution in [0.1, 0.15) is 116 Å². The molecule has 0 spiro atoms. The first-order chi connectivity index (χ1) is 34.0. The van der Waals surface area contributed by atoms with Gasteiger partial charge in [-0.3, -0.25) is 43.5 Å². The maximum Gasteiger partial charge on any atom is 0.330 e. The van der Waals surface area contributed by atoms with E-state index in [0.29, 0.717) is 24.3 Å². The van der Waals surface area contributed by atoms with E-state index in [0.717, 1.165) is 148 Å². The zero-order chi connectivity index (χ0) is 48.2. The topological polar surface area (TPSA) is 146 Å². The van der Waals surface area contributed by atoms with Crippen LogP contribution in [0.5, 0.6) is 0 Å². The first kappa shape index (κ1) is 46.2. The van der Waals surface area contributed by atoms with Crippen molar-refractivity contribution in [3.63, 3.8) is 0 Å². The minimum atomic E-state index is -0.669. The molecule has 4 aromatic heterocycles. The molecule has 15 nitrogen and oxygen atoms in total. The maximum atomic E-state index is 13.8. The Bertz CT molecular complexity index is 2970. The lowest BCUT2D eigenvalue weighted by molar-refractivity contribution is -0.135. The van der Waals surface area contributed by atoms with Gasteiger partial charge in [0, 0.05) is 119 Å². The molecular weight excluding hydrogens is 879 g/mol. The van der Waals surface area contributed by atoms with Crippen molar-refractivity contribution >= 4 is 45.6 Å². The largest absolute Gasteiger partial charge is 0.373 e. The van der Waals surface area contributed by atoms with Crippen molar-refractivity contribution < 1.29 is 14.4 Å². The highest BCUT2D eigenvalue weighted by Gasteiger charge is 2.36. The van der Waals surface area contributed by atoms with E-state index < -0.39 is 11.9 Å². The summed E-state index contributed by atoms with van der Waals surface area (Å²) in [6.45, 7) is 13.1. The average Bonchev–Trinajstić information content (AvgIpc) is 4.10. The van der Waals surface area contributed by atoms with E-state index in [4.69, 9.17) is 4.98 Å². The molecule has 4 aliphatic heterocycles. The van der Waals surface area contributed by atoms with Crippen molar-refractivity contribution in [2.45, 2.75) is 102 Å². The number of piperazine rings is 1. The molecule has 2 N–H and O–H groups in total. The average molecular weight is 946 g/mol. The van der Waals surface area contributed by atoms with Gasteiger partial charge in [-0.15, -0.1) is 0 Å². The number of anilines is 1. The zero-order valence-corrected chi connectivity index (χ0v) is 41.1. The molecule has 0 radical (unpaired) electrons. The maximum absolute atomic E-state index is 13.8. The lowest BCUT2D eigenvalue weighted by atomic mass is 9.88. The van der Waals surface area contributed by atoms with Crippen molar-refractivity contribution in [1.82, 2.24) is 48.6 Å². The number of likely N-dealkylation sites (tertiary alicyclic amines) is 2. The number of imidazole rings is 1. The molecule has 3 atom stereocenters. The van der Waals surface area contributed by atoms with Gasteiger partial charge in [0.15, 0.2) is 0 Å². The third-order valence-corrected chi connectivity index (χ3v) is 16.5. The van der Waals surface area contributed by atoms with E-state index in [1.54, 1.807) is 4.57 Å². The van der Waals surface area contributed by atoms with Gasteiger partial charge >= 0.3 is 5.69 Å². The number of hydrogen-bond donors (Lipinski definition) is 2. The van der Waals surface area contributed by atoms with Gasteiger partial charge in [0.25, 0.3) is 5.91 Å². The van der Waals surface area contributed by atoms with Crippen molar-refractivity contribution in [2.75, 3.05) is 64.7 Å². The minimum absolute atomic E-state index is 0.148. The Labute approximate surface area is 409 Å². The molecule has 3 amide bonds. The van der Waals surface area contributed by atoms with Gasteiger partial charge in [-0.1, -0.05) is 18.2 Å². The van der Waals surface area contributed by atoms with Gasteiger partial charge in [0.1, 0.15) is 17.5 Å². The Balaban J connectivity index is 0.644. The van der Waals surface area contributed by atoms with E-state index in [1.807, 2.05) is 36.1 Å². The fourth-order valence-corrected chi connectivity index (χ4v) is 12.2. The van der Waals surface area contributed by atoms with Crippen LogP contribution in [-0.2, 0) is 23.2 Å². The summed E-state index contributed by atoms with van der Waals surface area (Å²) in [5, 5.41) is 6.69. The molecule has 5 fully saturated rings. The number of aromatic nitrogens is 5. The van der Waals surface area contributed by atoms with Gasteiger partial charge < -0.3 is 14.8 Å². The fourth-order valence-electron chi connectivity index (χ4n) is 12.2. The number of benzene rings is 2. The second-order valence-electron chi connectivity index (χ2n) is 20.9. The molecule has 15 heteroatoms. The number of nitrogens with one attached hydrogen (secondary N) is 2. The highest BCUT2D eigenvalue weighted by atomic mass is 16.2. The van der Waals surface area contributed by atoms with E-state index in [1.165, 1.54) is 11.3 Å². The molecule has 11 rings (SSSR count). The van der Waals surface area contributed by atoms with Crippen LogP contribution in [-0.4, -0.2) is 126 Å².